The number of nitrogens with two attached hydrogens (primary N) is 1. The molecule has 0 fully saturated rings. The third-order valence-corrected chi connectivity index (χ3v) is 3.40. The lowest BCUT2D eigenvalue weighted by Gasteiger charge is -2.13. The Kier molecular flexibility index (Phi) is 8.31. The van der Waals surface area contributed by atoms with E-state index >= 15 is 0 Å². The third-order valence-electron chi connectivity index (χ3n) is 3.40. The average Bonchev–Trinajstić information content (AvgIpc) is 2.45. The molecule has 0 radical (unpaired) electrons. The van der Waals surface area contributed by atoms with Gasteiger partial charge in [0.25, 0.3) is 0 Å². The highest BCUT2D eigenvalue weighted by Crippen LogP contribution is 2.21. The summed E-state index contributed by atoms with van der Waals surface area (Å²) in [6, 6.07) is 8.43. The van der Waals surface area contributed by atoms with Gasteiger partial charge in [0.2, 0.25) is 0 Å². The highest BCUT2D eigenvalue weighted by atomic mass is 16.5. The molecule has 0 aliphatic rings. The van der Waals surface area contributed by atoms with Crippen molar-refractivity contribution in [1.82, 2.24) is 0 Å². The molecule has 108 valence electrons. The lowest BCUT2D eigenvalue weighted by atomic mass is 10.0. The zero-order chi connectivity index (χ0) is 13.9. The van der Waals surface area contributed by atoms with Crippen LogP contribution in [0.25, 0.3) is 0 Å². The summed E-state index contributed by atoms with van der Waals surface area (Å²) < 4.78 is 5.57. The first-order chi connectivity index (χ1) is 9.27. The Bertz CT molecular complexity index is 321. The van der Waals surface area contributed by atoms with Gasteiger partial charge < -0.3 is 10.5 Å². The molecule has 0 aliphatic carbocycles. The Balaban J connectivity index is 2.29. The van der Waals surface area contributed by atoms with Crippen LogP contribution in [0.4, 0.5) is 0 Å². The highest BCUT2D eigenvalue weighted by molar-refractivity contribution is 5.28. The molecule has 0 saturated carbocycles. The largest absolute Gasteiger partial charge is 0.494 e. The molecule has 1 atom stereocenters. The van der Waals surface area contributed by atoms with Gasteiger partial charge in [0.1, 0.15) is 5.75 Å². The lowest BCUT2D eigenvalue weighted by molar-refractivity contribution is 0.317. The Labute approximate surface area is 118 Å². The maximum atomic E-state index is 6.22. The van der Waals surface area contributed by atoms with Crippen molar-refractivity contribution in [2.45, 2.75) is 64.8 Å². The Hall–Kier alpha value is -1.02. The van der Waals surface area contributed by atoms with Gasteiger partial charge in [-0.15, -0.1) is 0 Å². The van der Waals surface area contributed by atoms with E-state index in [4.69, 9.17) is 10.5 Å². The Morgan fingerprint density at radius 3 is 2.26 bits per heavy atom. The smallest absolute Gasteiger partial charge is 0.119 e. The molecule has 19 heavy (non-hydrogen) atoms. The zero-order valence-corrected chi connectivity index (χ0v) is 12.5. The molecule has 0 aliphatic heterocycles. The second-order valence-corrected chi connectivity index (χ2v) is 5.23. The zero-order valence-electron chi connectivity index (χ0n) is 12.5. The van der Waals surface area contributed by atoms with Crippen LogP contribution in [0.5, 0.6) is 5.75 Å². The van der Waals surface area contributed by atoms with Gasteiger partial charge in [-0.05, 0) is 30.5 Å². The molecule has 0 saturated heterocycles. The van der Waals surface area contributed by atoms with Gasteiger partial charge in [-0.2, -0.15) is 0 Å². The van der Waals surface area contributed by atoms with Crippen molar-refractivity contribution < 1.29 is 4.74 Å². The van der Waals surface area contributed by atoms with Gasteiger partial charge in [0.15, 0.2) is 0 Å². The van der Waals surface area contributed by atoms with Crippen LogP contribution in [0.2, 0.25) is 0 Å². The van der Waals surface area contributed by atoms with E-state index < -0.39 is 0 Å². The summed E-state index contributed by atoms with van der Waals surface area (Å²) in [4.78, 5) is 0. The second kappa shape index (κ2) is 9.85. The van der Waals surface area contributed by atoms with Crippen LogP contribution in [0, 0.1) is 0 Å². The molecule has 2 heteroatoms. The molecule has 0 aromatic heterocycles. The minimum atomic E-state index is 0.168. The fraction of sp³-hybridized carbons (Fsp3) is 0.647. The first-order valence-electron chi connectivity index (χ1n) is 7.76. The number of ether oxygens (including phenoxy) is 1. The summed E-state index contributed by atoms with van der Waals surface area (Å²) in [6.45, 7) is 5.14. The fourth-order valence-electron chi connectivity index (χ4n) is 2.17. The molecule has 2 nitrogen and oxygen atoms in total. The number of unbranched alkanes of at least 4 members (excludes halogenated alkanes) is 4. The normalized spacial score (nSPS) is 12.4. The average molecular weight is 263 g/mol. The van der Waals surface area contributed by atoms with Gasteiger partial charge >= 0.3 is 0 Å². The number of hydrogen-bond acceptors (Lipinski definition) is 2. The molecule has 1 rings (SSSR count). The van der Waals surface area contributed by atoms with Crippen LogP contribution in [-0.2, 0) is 0 Å². The Morgan fingerprint density at radius 2 is 1.63 bits per heavy atom. The summed E-state index contributed by atoms with van der Waals surface area (Å²) in [5, 5.41) is 0. The second-order valence-electron chi connectivity index (χ2n) is 5.23. The van der Waals surface area contributed by atoms with Crippen LogP contribution in [0.3, 0.4) is 0 Å². The van der Waals surface area contributed by atoms with Crippen molar-refractivity contribution >= 4 is 0 Å². The molecule has 1 aromatic carbocycles. The van der Waals surface area contributed by atoms with Gasteiger partial charge in [-0.3, -0.25) is 0 Å². The maximum absolute atomic E-state index is 6.22. The summed E-state index contributed by atoms with van der Waals surface area (Å²) in [5.74, 6) is 0.945. The molecular weight excluding hydrogens is 234 g/mol. The minimum Gasteiger partial charge on any atom is -0.494 e. The van der Waals surface area contributed by atoms with Crippen LogP contribution in [0.1, 0.15) is 70.4 Å². The summed E-state index contributed by atoms with van der Waals surface area (Å²) in [5.41, 5.74) is 7.44. The molecule has 0 spiro atoms. The van der Waals surface area contributed by atoms with Gasteiger partial charge in [0, 0.05) is 6.04 Å². The van der Waals surface area contributed by atoms with Crippen molar-refractivity contribution in [1.29, 1.82) is 0 Å². The van der Waals surface area contributed by atoms with E-state index in [0.717, 1.165) is 25.2 Å². The van der Waals surface area contributed by atoms with Gasteiger partial charge in [-0.1, -0.05) is 58.1 Å². The van der Waals surface area contributed by atoms with E-state index in [2.05, 4.69) is 26.0 Å². The van der Waals surface area contributed by atoms with E-state index in [1.807, 2.05) is 12.1 Å². The summed E-state index contributed by atoms with van der Waals surface area (Å²) >= 11 is 0. The molecule has 0 bridgehead atoms. The molecule has 0 amide bonds. The standard InChI is InChI=1S/C17H29NO/c1-3-5-6-7-8-9-17(18)15-10-12-16(13-11-15)19-14-4-2/h10-13,17H,3-9,14,18H2,1-2H3. The Morgan fingerprint density at radius 1 is 0.947 bits per heavy atom. The number of benzene rings is 1. The van der Waals surface area contributed by atoms with Crippen molar-refractivity contribution in [3.05, 3.63) is 29.8 Å². The van der Waals surface area contributed by atoms with Crippen molar-refractivity contribution in [2.75, 3.05) is 6.61 Å². The molecule has 0 heterocycles. The van der Waals surface area contributed by atoms with Crippen molar-refractivity contribution in [2.24, 2.45) is 5.73 Å². The quantitative estimate of drug-likeness (QED) is 0.613. The number of hydrogen-bond donors (Lipinski definition) is 1. The summed E-state index contributed by atoms with van der Waals surface area (Å²) in [7, 11) is 0. The van der Waals surface area contributed by atoms with Crippen molar-refractivity contribution in [3.63, 3.8) is 0 Å². The first-order valence-corrected chi connectivity index (χ1v) is 7.76. The SMILES string of the molecule is CCCCCCCC(N)c1ccc(OCCC)cc1. The topological polar surface area (TPSA) is 35.2 Å². The van der Waals surface area contributed by atoms with E-state index in [1.54, 1.807) is 0 Å². The fourth-order valence-corrected chi connectivity index (χ4v) is 2.17. The third kappa shape index (κ3) is 6.63. The maximum Gasteiger partial charge on any atom is 0.119 e. The van der Waals surface area contributed by atoms with Gasteiger partial charge in [-0.25, -0.2) is 0 Å². The van der Waals surface area contributed by atoms with Crippen LogP contribution >= 0.6 is 0 Å². The van der Waals surface area contributed by atoms with Crippen LogP contribution in [-0.4, -0.2) is 6.61 Å². The summed E-state index contributed by atoms with van der Waals surface area (Å²) in [6.07, 6.45) is 8.64. The van der Waals surface area contributed by atoms with Crippen LogP contribution < -0.4 is 10.5 Å². The van der Waals surface area contributed by atoms with E-state index in [1.165, 1.54) is 37.7 Å². The molecule has 1 aromatic rings. The minimum absolute atomic E-state index is 0.168. The molecule has 2 N–H and O–H groups in total. The predicted octanol–water partition coefficient (Wildman–Crippen LogP) is 4.84. The van der Waals surface area contributed by atoms with Gasteiger partial charge in [0.05, 0.1) is 6.61 Å². The van der Waals surface area contributed by atoms with Crippen molar-refractivity contribution in [3.8, 4) is 5.75 Å². The lowest BCUT2D eigenvalue weighted by Crippen LogP contribution is -2.10. The molecule has 1 unspecified atom stereocenters. The van der Waals surface area contributed by atoms with Crippen LogP contribution in [0.15, 0.2) is 24.3 Å². The first kappa shape index (κ1) is 16.0. The number of rotatable bonds is 10. The predicted molar refractivity (Wildman–Crippen MR) is 82.5 cm³/mol. The monoisotopic (exact) mass is 263 g/mol. The highest BCUT2D eigenvalue weighted by Gasteiger charge is 2.05. The van der Waals surface area contributed by atoms with E-state index in [-0.39, 0.29) is 6.04 Å². The van der Waals surface area contributed by atoms with E-state index in [9.17, 15) is 0 Å². The van der Waals surface area contributed by atoms with E-state index in [0.29, 0.717) is 0 Å². The molecular formula is C17H29NO.